The third-order valence-electron chi connectivity index (χ3n) is 5.54. The van der Waals surface area contributed by atoms with Gasteiger partial charge < -0.3 is 9.72 Å². The molecule has 11 heteroatoms. The van der Waals surface area contributed by atoms with Crippen molar-refractivity contribution in [1.29, 1.82) is 0 Å². The van der Waals surface area contributed by atoms with Gasteiger partial charge in [-0.1, -0.05) is 0 Å². The first-order valence-electron chi connectivity index (χ1n) is 10.6. The van der Waals surface area contributed by atoms with Crippen LogP contribution in [0.5, 0.6) is 0 Å². The highest BCUT2D eigenvalue weighted by molar-refractivity contribution is 5.97. The minimum absolute atomic E-state index is 0.510. The summed E-state index contributed by atoms with van der Waals surface area (Å²) < 4.78 is 4.65. The van der Waals surface area contributed by atoms with Crippen molar-refractivity contribution >= 4 is 33.8 Å². The molecule has 0 aromatic carbocycles. The number of fused-ring (bicyclic) bond motifs is 2. The van der Waals surface area contributed by atoms with E-state index < -0.39 is 6.09 Å². The summed E-state index contributed by atoms with van der Waals surface area (Å²) in [5, 5.41) is 10.8. The number of imidazole rings is 1. The Kier molecular flexibility index (Phi) is 4.84. The summed E-state index contributed by atoms with van der Waals surface area (Å²) in [4.78, 5) is 36.9. The molecule has 6 aromatic heterocycles. The number of hydrogen-bond acceptors (Lipinski definition) is 8. The first-order chi connectivity index (χ1) is 17.2. The second kappa shape index (κ2) is 8.30. The van der Waals surface area contributed by atoms with Gasteiger partial charge in [0.2, 0.25) is 0 Å². The molecule has 0 aliphatic carbocycles. The number of H-pyrrole nitrogens is 2. The van der Waals surface area contributed by atoms with E-state index in [0.717, 1.165) is 38.7 Å². The molecule has 0 fully saturated rings. The summed E-state index contributed by atoms with van der Waals surface area (Å²) in [6, 6.07) is 7.59. The number of hydrogen-bond donors (Lipinski definition) is 3. The fraction of sp³-hybridized carbons (Fsp3) is 0.0417. The van der Waals surface area contributed by atoms with E-state index in [2.05, 4.69) is 45.2 Å². The second-order valence-corrected chi connectivity index (χ2v) is 7.68. The molecule has 6 aromatic rings. The quantitative estimate of drug-likeness (QED) is 0.352. The number of ether oxygens (including phenoxy) is 1. The van der Waals surface area contributed by atoms with Crippen LogP contribution < -0.4 is 5.32 Å². The molecule has 0 saturated heterocycles. The summed E-state index contributed by atoms with van der Waals surface area (Å²) in [6.07, 6.45) is 11.4. The van der Waals surface area contributed by atoms with E-state index in [0.29, 0.717) is 22.9 Å². The Bertz CT molecular complexity index is 1690. The van der Waals surface area contributed by atoms with Gasteiger partial charge in [-0.2, -0.15) is 5.10 Å². The van der Waals surface area contributed by atoms with Gasteiger partial charge in [-0.3, -0.25) is 25.4 Å². The Morgan fingerprint density at radius 3 is 2.63 bits per heavy atom. The molecule has 6 rings (SSSR count). The molecule has 0 aliphatic rings. The summed E-state index contributed by atoms with van der Waals surface area (Å²) in [6.45, 7) is 0. The molecule has 1 amide bonds. The molecule has 0 radical (unpaired) electrons. The second-order valence-electron chi connectivity index (χ2n) is 7.68. The lowest BCUT2D eigenvalue weighted by atomic mass is 10.1. The standard InChI is InChI=1S/C24H17N9O2/c1-35-24(34)29-16-6-14(8-26-10-16)15-7-17-21(32-33-22(17)28-9-15)23-30-19-12-27-11-18(20(19)31-23)13-2-4-25-5-3-13/h2-12H,1H3,(H,29,34)(H,30,31)(H,28,32,33). The van der Waals surface area contributed by atoms with Crippen molar-refractivity contribution in [1.82, 2.24) is 40.1 Å². The number of aromatic nitrogens is 8. The predicted molar refractivity (Wildman–Crippen MR) is 129 cm³/mol. The molecule has 0 bridgehead atoms. The number of nitrogens with one attached hydrogen (secondary N) is 3. The Balaban J connectivity index is 1.43. The maximum Gasteiger partial charge on any atom is 0.411 e. The highest BCUT2D eigenvalue weighted by atomic mass is 16.5. The van der Waals surface area contributed by atoms with Gasteiger partial charge in [0.25, 0.3) is 0 Å². The largest absolute Gasteiger partial charge is 0.453 e. The van der Waals surface area contributed by atoms with E-state index in [1.807, 2.05) is 18.2 Å². The van der Waals surface area contributed by atoms with Gasteiger partial charge in [-0.25, -0.2) is 14.8 Å². The van der Waals surface area contributed by atoms with Crippen molar-refractivity contribution in [2.24, 2.45) is 0 Å². The van der Waals surface area contributed by atoms with Crippen LogP contribution in [0.15, 0.2) is 67.6 Å². The van der Waals surface area contributed by atoms with E-state index in [9.17, 15) is 4.79 Å². The van der Waals surface area contributed by atoms with Crippen LogP contribution in [0.25, 0.3) is 55.8 Å². The molecular weight excluding hydrogens is 446 g/mol. The van der Waals surface area contributed by atoms with Gasteiger partial charge in [-0.15, -0.1) is 0 Å². The van der Waals surface area contributed by atoms with Crippen molar-refractivity contribution in [3.05, 3.63) is 67.6 Å². The van der Waals surface area contributed by atoms with E-state index in [4.69, 9.17) is 4.98 Å². The minimum Gasteiger partial charge on any atom is -0.453 e. The average Bonchev–Trinajstić information content (AvgIpc) is 3.53. The smallest absolute Gasteiger partial charge is 0.411 e. The van der Waals surface area contributed by atoms with Crippen LogP contribution in [0.1, 0.15) is 0 Å². The van der Waals surface area contributed by atoms with Gasteiger partial charge >= 0.3 is 6.09 Å². The van der Waals surface area contributed by atoms with Crippen molar-refractivity contribution in [3.8, 4) is 33.8 Å². The molecule has 6 heterocycles. The van der Waals surface area contributed by atoms with Gasteiger partial charge in [0.15, 0.2) is 11.5 Å². The average molecular weight is 463 g/mol. The van der Waals surface area contributed by atoms with E-state index in [1.54, 1.807) is 49.4 Å². The summed E-state index contributed by atoms with van der Waals surface area (Å²) in [5.74, 6) is 0.615. The van der Waals surface area contributed by atoms with Crippen molar-refractivity contribution in [2.75, 3.05) is 12.4 Å². The van der Waals surface area contributed by atoms with Crippen LogP contribution >= 0.6 is 0 Å². The Hall–Kier alpha value is -5.19. The lowest BCUT2D eigenvalue weighted by Gasteiger charge is -2.06. The number of anilines is 1. The molecule has 0 spiro atoms. The Morgan fingerprint density at radius 1 is 0.943 bits per heavy atom. The summed E-state index contributed by atoms with van der Waals surface area (Å²) in [7, 11) is 1.30. The number of nitrogens with zero attached hydrogens (tertiary/aromatic N) is 6. The molecule has 0 unspecified atom stereocenters. The summed E-state index contributed by atoms with van der Waals surface area (Å²) in [5.41, 5.74) is 6.79. The third-order valence-corrected chi connectivity index (χ3v) is 5.54. The molecule has 11 nitrogen and oxygen atoms in total. The van der Waals surface area contributed by atoms with Gasteiger partial charge in [0.05, 0.1) is 41.6 Å². The first kappa shape index (κ1) is 20.4. The maximum atomic E-state index is 11.6. The van der Waals surface area contributed by atoms with Crippen LogP contribution in [0.4, 0.5) is 10.5 Å². The number of methoxy groups -OCH3 is 1. The molecule has 0 aliphatic heterocycles. The normalized spacial score (nSPS) is 11.1. The number of aromatic amines is 2. The lowest BCUT2D eigenvalue weighted by molar-refractivity contribution is 0.187. The zero-order valence-corrected chi connectivity index (χ0v) is 18.4. The van der Waals surface area contributed by atoms with Crippen molar-refractivity contribution in [3.63, 3.8) is 0 Å². The zero-order chi connectivity index (χ0) is 23.8. The van der Waals surface area contributed by atoms with Gasteiger partial charge in [-0.05, 0) is 29.8 Å². The van der Waals surface area contributed by atoms with Crippen LogP contribution in [0, 0.1) is 0 Å². The highest BCUT2D eigenvalue weighted by Gasteiger charge is 2.16. The monoisotopic (exact) mass is 463 g/mol. The van der Waals surface area contributed by atoms with Crippen LogP contribution in [0.3, 0.4) is 0 Å². The molecular formula is C24H17N9O2. The molecule has 0 atom stereocenters. The van der Waals surface area contributed by atoms with Crippen molar-refractivity contribution in [2.45, 2.75) is 0 Å². The number of carbonyl (C=O) groups excluding carboxylic acids is 1. The topological polar surface area (TPSA) is 147 Å². The molecule has 170 valence electrons. The third kappa shape index (κ3) is 3.70. The molecule has 35 heavy (non-hydrogen) atoms. The van der Waals surface area contributed by atoms with E-state index in [1.165, 1.54) is 7.11 Å². The van der Waals surface area contributed by atoms with E-state index in [-0.39, 0.29) is 0 Å². The van der Waals surface area contributed by atoms with E-state index >= 15 is 0 Å². The molecule has 3 N–H and O–H groups in total. The van der Waals surface area contributed by atoms with Crippen molar-refractivity contribution < 1.29 is 9.53 Å². The Labute approximate surface area is 197 Å². The van der Waals surface area contributed by atoms with Crippen LogP contribution in [-0.4, -0.2) is 53.3 Å². The van der Waals surface area contributed by atoms with Gasteiger partial charge in [0.1, 0.15) is 5.69 Å². The number of amides is 1. The predicted octanol–water partition coefficient (Wildman–Crippen LogP) is 4.20. The maximum absolute atomic E-state index is 11.6. The fourth-order valence-corrected chi connectivity index (χ4v) is 3.87. The number of carbonyl (C=O) groups is 1. The fourth-order valence-electron chi connectivity index (χ4n) is 3.87. The van der Waals surface area contributed by atoms with Crippen LogP contribution in [-0.2, 0) is 4.74 Å². The zero-order valence-electron chi connectivity index (χ0n) is 18.4. The summed E-state index contributed by atoms with van der Waals surface area (Å²) >= 11 is 0. The lowest BCUT2D eigenvalue weighted by Crippen LogP contribution is -2.11. The number of pyridine rings is 4. The first-order valence-corrected chi connectivity index (χ1v) is 10.6. The number of rotatable bonds is 4. The van der Waals surface area contributed by atoms with Gasteiger partial charge in [0, 0.05) is 47.7 Å². The minimum atomic E-state index is -0.569. The van der Waals surface area contributed by atoms with Crippen LogP contribution in [0.2, 0.25) is 0 Å². The highest BCUT2D eigenvalue weighted by Crippen LogP contribution is 2.32. The Morgan fingerprint density at radius 2 is 1.77 bits per heavy atom. The molecule has 0 saturated carbocycles. The SMILES string of the molecule is COC(=O)Nc1cncc(-c2cnc3n[nH]c(-c4nc5c(-c6ccncc6)cncc5[nH]4)c3c2)c1.